The van der Waals surface area contributed by atoms with Crippen molar-refractivity contribution < 1.29 is 9.90 Å². The predicted molar refractivity (Wildman–Crippen MR) is 84.5 cm³/mol. The standard InChI is InChI=1S/C15H22ClN3O2/c1-18-6-4-12(5-7-18)19(8-9-20)15(21)13-10-11(16)2-3-14(13)17/h2-3,10,12,20H,4-9,17H2,1H3. The molecule has 116 valence electrons. The molecule has 1 aliphatic heterocycles. The normalized spacial score (nSPS) is 16.9. The number of nitrogen functional groups attached to an aromatic ring is 1. The van der Waals surface area contributed by atoms with Crippen LogP contribution in [0.4, 0.5) is 5.69 Å². The van der Waals surface area contributed by atoms with E-state index in [4.69, 9.17) is 17.3 Å². The van der Waals surface area contributed by atoms with E-state index in [-0.39, 0.29) is 18.6 Å². The Balaban J connectivity index is 2.20. The molecule has 3 N–H and O–H groups in total. The Bertz CT molecular complexity index is 502. The third-order valence-electron chi connectivity index (χ3n) is 3.98. The lowest BCUT2D eigenvalue weighted by Gasteiger charge is -2.37. The molecule has 1 saturated heterocycles. The van der Waals surface area contributed by atoms with Crippen LogP contribution >= 0.6 is 11.6 Å². The molecule has 1 amide bonds. The number of aliphatic hydroxyl groups is 1. The molecular formula is C15H22ClN3O2. The molecule has 0 aromatic heterocycles. The predicted octanol–water partition coefficient (Wildman–Crippen LogP) is 1.45. The first-order valence-corrected chi connectivity index (χ1v) is 7.56. The second kappa shape index (κ2) is 7.11. The summed E-state index contributed by atoms with van der Waals surface area (Å²) < 4.78 is 0. The van der Waals surface area contributed by atoms with Gasteiger partial charge in [0, 0.05) is 23.3 Å². The van der Waals surface area contributed by atoms with Crippen molar-refractivity contribution in [2.75, 3.05) is 39.0 Å². The molecular weight excluding hydrogens is 290 g/mol. The third kappa shape index (κ3) is 3.87. The number of hydrogen-bond acceptors (Lipinski definition) is 4. The molecule has 1 aliphatic rings. The van der Waals surface area contributed by atoms with Crippen LogP contribution in [0.1, 0.15) is 23.2 Å². The summed E-state index contributed by atoms with van der Waals surface area (Å²) in [5, 5.41) is 9.76. The Hall–Kier alpha value is -1.30. The minimum atomic E-state index is -0.154. The van der Waals surface area contributed by atoms with Gasteiger partial charge in [-0.2, -0.15) is 0 Å². The number of hydrogen-bond donors (Lipinski definition) is 2. The monoisotopic (exact) mass is 311 g/mol. The number of carbonyl (C=O) groups is 1. The average molecular weight is 312 g/mol. The quantitative estimate of drug-likeness (QED) is 0.826. The number of amides is 1. The maximum atomic E-state index is 12.8. The Morgan fingerprint density at radius 2 is 2.14 bits per heavy atom. The number of piperidine rings is 1. The molecule has 0 radical (unpaired) electrons. The molecule has 0 saturated carbocycles. The Morgan fingerprint density at radius 1 is 1.48 bits per heavy atom. The lowest BCUT2D eigenvalue weighted by atomic mass is 10.0. The number of rotatable bonds is 4. The average Bonchev–Trinajstić information content (AvgIpc) is 2.48. The second-order valence-corrected chi connectivity index (χ2v) is 5.92. The zero-order valence-corrected chi connectivity index (χ0v) is 13.0. The van der Waals surface area contributed by atoms with E-state index in [0.29, 0.717) is 22.8 Å². The molecule has 1 fully saturated rings. The smallest absolute Gasteiger partial charge is 0.256 e. The highest BCUT2D eigenvalue weighted by atomic mass is 35.5. The molecule has 2 rings (SSSR count). The highest BCUT2D eigenvalue weighted by molar-refractivity contribution is 6.31. The van der Waals surface area contributed by atoms with E-state index in [0.717, 1.165) is 25.9 Å². The topological polar surface area (TPSA) is 69.8 Å². The van der Waals surface area contributed by atoms with Crippen molar-refractivity contribution in [3.8, 4) is 0 Å². The van der Waals surface area contributed by atoms with Gasteiger partial charge in [-0.05, 0) is 51.2 Å². The van der Waals surface area contributed by atoms with Gasteiger partial charge in [0.1, 0.15) is 0 Å². The van der Waals surface area contributed by atoms with Gasteiger partial charge in [-0.1, -0.05) is 11.6 Å². The fourth-order valence-electron chi connectivity index (χ4n) is 2.73. The fraction of sp³-hybridized carbons (Fsp3) is 0.533. The van der Waals surface area contributed by atoms with Crippen molar-refractivity contribution in [1.29, 1.82) is 0 Å². The molecule has 21 heavy (non-hydrogen) atoms. The molecule has 0 aliphatic carbocycles. The highest BCUT2D eigenvalue weighted by Crippen LogP contribution is 2.23. The largest absolute Gasteiger partial charge is 0.398 e. The number of benzene rings is 1. The van der Waals surface area contributed by atoms with Crippen molar-refractivity contribution in [3.05, 3.63) is 28.8 Å². The van der Waals surface area contributed by atoms with Gasteiger partial charge in [-0.3, -0.25) is 4.79 Å². The number of nitrogens with two attached hydrogens (primary N) is 1. The van der Waals surface area contributed by atoms with Crippen LogP contribution in [0.15, 0.2) is 18.2 Å². The first-order chi connectivity index (χ1) is 10.0. The summed E-state index contributed by atoms with van der Waals surface area (Å²) in [5.74, 6) is -0.154. The van der Waals surface area contributed by atoms with Crippen molar-refractivity contribution in [3.63, 3.8) is 0 Å². The fourth-order valence-corrected chi connectivity index (χ4v) is 2.90. The number of nitrogens with zero attached hydrogens (tertiary/aromatic N) is 2. The van der Waals surface area contributed by atoms with Gasteiger partial charge in [0.05, 0.1) is 12.2 Å². The Kier molecular flexibility index (Phi) is 5.45. The summed E-state index contributed by atoms with van der Waals surface area (Å²) in [6.07, 6.45) is 1.81. The first-order valence-electron chi connectivity index (χ1n) is 7.18. The van der Waals surface area contributed by atoms with Gasteiger partial charge in [-0.25, -0.2) is 0 Å². The van der Waals surface area contributed by atoms with Crippen LogP contribution in [0.3, 0.4) is 0 Å². The van der Waals surface area contributed by atoms with E-state index in [2.05, 4.69) is 11.9 Å². The number of likely N-dealkylation sites (tertiary alicyclic amines) is 1. The number of anilines is 1. The number of halogens is 1. The van der Waals surface area contributed by atoms with Crippen LogP contribution < -0.4 is 5.73 Å². The zero-order valence-electron chi connectivity index (χ0n) is 12.3. The van der Waals surface area contributed by atoms with Crippen LogP contribution in [0.5, 0.6) is 0 Å². The zero-order chi connectivity index (χ0) is 15.4. The molecule has 6 heteroatoms. The Labute approximate surface area is 130 Å². The van der Waals surface area contributed by atoms with E-state index in [9.17, 15) is 9.90 Å². The number of aliphatic hydroxyl groups excluding tert-OH is 1. The SMILES string of the molecule is CN1CCC(N(CCO)C(=O)c2cc(Cl)ccc2N)CC1. The van der Waals surface area contributed by atoms with Crippen molar-refractivity contribution >= 4 is 23.2 Å². The second-order valence-electron chi connectivity index (χ2n) is 5.49. The minimum Gasteiger partial charge on any atom is -0.398 e. The van der Waals surface area contributed by atoms with Crippen LogP contribution in [0.2, 0.25) is 5.02 Å². The van der Waals surface area contributed by atoms with E-state index < -0.39 is 0 Å². The first kappa shape index (κ1) is 16.1. The maximum absolute atomic E-state index is 12.8. The van der Waals surface area contributed by atoms with Crippen molar-refractivity contribution in [2.45, 2.75) is 18.9 Å². The van der Waals surface area contributed by atoms with Crippen molar-refractivity contribution in [1.82, 2.24) is 9.80 Å². The van der Waals surface area contributed by atoms with E-state index >= 15 is 0 Å². The summed E-state index contributed by atoms with van der Waals surface area (Å²) in [6.45, 7) is 2.16. The maximum Gasteiger partial charge on any atom is 0.256 e. The van der Waals surface area contributed by atoms with Gasteiger partial charge in [0.2, 0.25) is 0 Å². The van der Waals surface area contributed by atoms with E-state index in [1.807, 2.05) is 0 Å². The molecule has 1 heterocycles. The van der Waals surface area contributed by atoms with Crippen LogP contribution in [0.25, 0.3) is 0 Å². The van der Waals surface area contributed by atoms with Gasteiger partial charge >= 0.3 is 0 Å². The summed E-state index contributed by atoms with van der Waals surface area (Å²) >= 11 is 5.97. The number of carbonyl (C=O) groups excluding carboxylic acids is 1. The molecule has 1 aromatic carbocycles. The molecule has 0 atom stereocenters. The molecule has 5 nitrogen and oxygen atoms in total. The van der Waals surface area contributed by atoms with E-state index in [1.165, 1.54) is 0 Å². The van der Waals surface area contributed by atoms with Gasteiger partial charge in [0.15, 0.2) is 0 Å². The van der Waals surface area contributed by atoms with Gasteiger partial charge < -0.3 is 20.6 Å². The Morgan fingerprint density at radius 3 is 2.76 bits per heavy atom. The summed E-state index contributed by atoms with van der Waals surface area (Å²) in [7, 11) is 2.07. The summed E-state index contributed by atoms with van der Waals surface area (Å²) in [4.78, 5) is 16.7. The highest BCUT2D eigenvalue weighted by Gasteiger charge is 2.28. The van der Waals surface area contributed by atoms with Gasteiger partial charge in [0.25, 0.3) is 5.91 Å². The lowest BCUT2D eigenvalue weighted by molar-refractivity contribution is 0.0541. The molecule has 0 bridgehead atoms. The summed E-state index contributed by atoms with van der Waals surface area (Å²) in [6, 6.07) is 5.04. The molecule has 0 unspecified atom stereocenters. The van der Waals surface area contributed by atoms with Gasteiger partial charge in [-0.15, -0.1) is 0 Å². The van der Waals surface area contributed by atoms with Crippen LogP contribution in [0, 0.1) is 0 Å². The molecule has 0 spiro atoms. The third-order valence-corrected chi connectivity index (χ3v) is 4.21. The van der Waals surface area contributed by atoms with Crippen LogP contribution in [-0.4, -0.2) is 60.1 Å². The lowest BCUT2D eigenvalue weighted by Crippen LogP contribution is -2.47. The van der Waals surface area contributed by atoms with Crippen molar-refractivity contribution in [2.24, 2.45) is 0 Å². The summed E-state index contributed by atoms with van der Waals surface area (Å²) in [5.41, 5.74) is 6.73. The van der Waals surface area contributed by atoms with Crippen LogP contribution in [-0.2, 0) is 0 Å². The minimum absolute atomic E-state index is 0.0570. The molecule has 1 aromatic rings. The van der Waals surface area contributed by atoms with E-state index in [1.54, 1.807) is 23.1 Å².